The van der Waals surface area contributed by atoms with Crippen LogP contribution in [0, 0.1) is 17.8 Å². The van der Waals surface area contributed by atoms with Gasteiger partial charge in [-0.05, 0) is 62.0 Å². The summed E-state index contributed by atoms with van der Waals surface area (Å²) < 4.78 is 0. The molecule has 0 aromatic carbocycles. The molecule has 3 heteroatoms. The van der Waals surface area contributed by atoms with Crippen LogP contribution in [0.3, 0.4) is 0 Å². The predicted octanol–water partition coefficient (Wildman–Crippen LogP) is 2.84. The van der Waals surface area contributed by atoms with E-state index in [1.165, 1.54) is 37.8 Å². The van der Waals surface area contributed by atoms with Crippen molar-refractivity contribution in [2.75, 3.05) is 18.5 Å². The van der Waals surface area contributed by atoms with Gasteiger partial charge in [0.2, 0.25) is 0 Å². The molecule has 3 rings (SSSR count). The van der Waals surface area contributed by atoms with E-state index in [1.54, 1.807) is 0 Å². The van der Waals surface area contributed by atoms with Crippen LogP contribution in [-0.2, 0) is 6.42 Å². The van der Waals surface area contributed by atoms with Gasteiger partial charge in [0.1, 0.15) is 5.82 Å². The molecule has 3 nitrogen and oxygen atoms in total. The predicted molar refractivity (Wildman–Crippen MR) is 83.8 cm³/mol. The van der Waals surface area contributed by atoms with Gasteiger partial charge in [-0.1, -0.05) is 12.5 Å². The van der Waals surface area contributed by atoms with Crippen molar-refractivity contribution in [3.05, 3.63) is 23.9 Å². The summed E-state index contributed by atoms with van der Waals surface area (Å²) in [4.78, 5) is 6.94. The molecule has 0 saturated heterocycles. The Kier molecular flexibility index (Phi) is 3.97. The minimum Gasteiger partial charge on any atom is -0.359 e. The van der Waals surface area contributed by atoms with E-state index in [4.69, 9.17) is 5.73 Å². The molecule has 2 fully saturated rings. The van der Waals surface area contributed by atoms with Crippen LogP contribution in [0.1, 0.15) is 38.2 Å². The van der Waals surface area contributed by atoms with Crippen molar-refractivity contribution >= 4 is 5.82 Å². The topological polar surface area (TPSA) is 42.1 Å². The zero-order chi connectivity index (χ0) is 14.1. The second-order valence-corrected chi connectivity index (χ2v) is 7.02. The van der Waals surface area contributed by atoms with Crippen molar-refractivity contribution < 1.29 is 0 Å². The summed E-state index contributed by atoms with van der Waals surface area (Å²) >= 11 is 0. The number of rotatable bonds is 5. The highest BCUT2D eigenvalue weighted by Crippen LogP contribution is 2.48. The molecule has 1 heterocycles. The third kappa shape index (κ3) is 2.98. The highest BCUT2D eigenvalue weighted by molar-refractivity contribution is 5.38. The van der Waals surface area contributed by atoms with Crippen LogP contribution >= 0.6 is 0 Å². The van der Waals surface area contributed by atoms with E-state index in [9.17, 15) is 0 Å². The van der Waals surface area contributed by atoms with Crippen LogP contribution in [0.5, 0.6) is 0 Å². The summed E-state index contributed by atoms with van der Waals surface area (Å²) in [5, 5.41) is 0. The SMILES string of the molecule is CC(N)Cc1ccc(N(C)CC2CC3CCC2C3)nc1. The van der Waals surface area contributed by atoms with Gasteiger partial charge in [0.05, 0.1) is 0 Å². The average molecular weight is 273 g/mol. The number of hydrogen-bond donors (Lipinski definition) is 1. The highest BCUT2D eigenvalue weighted by atomic mass is 15.2. The number of hydrogen-bond acceptors (Lipinski definition) is 3. The van der Waals surface area contributed by atoms with Crippen molar-refractivity contribution in [1.29, 1.82) is 0 Å². The zero-order valence-corrected chi connectivity index (χ0v) is 12.8. The van der Waals surface area contributed by atoms with E-state index >= 15 is 0 Å². The first-order chi connectivity index (χ1) is 9.61. The lowest BCUT2D eigenvalue weighted by Crippen LogP contribution is -2.29. The first kappa shape index (κ1) is 13.9. The summed E-state index contributed by atoms with van der Waals surface area (Å²) in [5.74, 6) is 4.00. The average Bonchev–Trinajstić information content (AvgIpc) is 3.01. The second kappa shape index (κ2) is 5.72. The number of anilines is 1. The standard InChI is InChI=1S/C17H27N3/c1-12(18)7-14-4-6-17(19-10-14)20(2)11-16-9-13-3-5-15(16)8-13/h4,6,10,12-13,15-16H,3,5,7-9,11,18H2,1-2H3. The molecule has 2 aliphatic rings. The Morgan fingerprint density at radius 1 is 1.35 bits per heavy atom. The van der Waals surface area contributed by atoms with E-state index in [-0.39, 0.29) is 6.04 Å². The summed E-state index contributed by atoms with van der Waals surface area (Å²) in [6, 6.07) is 4.52. The molecule has 4 unspecified atom stereocenters. The Morgan fingerprint density at radius 2 is 2.20 bits per heavy atom. The van der Waals surface area contributed by atoms with Crippen LogP contribution < -0.4 is 10.6 Å². The molecular formula is C17H27N3. The van der Waals surface area contributed by atoms with E-state index < -0.39 is 0 Å². The first-order valence-electron chi connectivity index (χ1n) is 8.03. The number of pyridine rings is 1. The van der Waals surface area contributed by atoms with Gasteiger partial charge < -0.3 is 10.6 Å². The number of nitrogens with zero attached hydrogens (tertiary/aromatic N) is 2. The molecule has 1 aromatic heterocycles. The molecule has 2 N–H and O–H groups in total. The molecule has 0 aliphatic heterocycles. The van der Waals surface area contributed by atoms with Gasteiger partial charge in [-0.15, -0.1) is 0 Å². The lowest BCUT2D eigenvalue weighted by molar-refractivity contribution is 0.337. The summed E-state index contributed by atoms with van der Waals surface area (Å²) in [5.41, 5.74) is 7.06. The van der Waals surface area contributed by atoms with Crippen LogP contribution in [0.2, 0.25) is 0 Å². The maximum Gasteiger partial charge on any atom is 0.128 e. The second-order valence-electron chi connectivity index (χ2n) is 7.02. The Hall–Kier alpha value is -1.09. The largest absolute Gasteiger partial charge is 0.359 e. The molecule has 2 saturated carbocycles. The van der Waals surface area contributed by atoms with Gasteiger partial charge in [-0.2, -0.15) is 0 Å². The molecule has 2 bridgehead atoms. The number of aromatic nitrogens is 1. The smallest absolute Gasteiger partial charge is 0.128 e. The van der Waals surface area contributed by atoms with Gasteiger partial charge in [0.15, 0.2) is 0 Å². The monoisotopic (exact) mass is 273 g/mol. The number of fused-ring (bicyclic) bond motifs is 2. The van der Waals surface area contributed by atoms with Gasteiger partial charge in [-0.25, -0.2) is 4.98 Å². The molecule has 2 aliphatic carbocycles. The van der Waals surface area contributed by atoms with Crippen molar-refractivity contribution in [1.82, 2.24) is 4.98 Å². The third-order valence-corrected chi connectivity index (χ3v) is 5.15. The number of nitrogens with two attached hydrogens (primary N) is 1. The summed E-state index contributed by atoms with van der Waals surface area (Å²) in [6.07, 6.45) is 8.76. The van der Waals surface area contributed by atoms with Gasteiger partial charge >= 0.3 is 0 Å². The molecule has 0 amide bonds. The molecule has 20 heavy (non-hydrogen) atoms. The Morgan fingerprint density at radius 3 is 2.75 bits per heavy atom. The maximum atomic E-state index is 5.83. The van der Waals surface area contributed by atoms with E-state index in [0.717, 1.165) is 30.0 Å². The lowest BCUT2D eigenvalue weighted by atomic mass is 9.88. The van der Waals surface area contributed by atoms with E-state index in [2.05, 4.69) is 29.1 Å². The zero-order valence-electron chi connectivity index (χ0n) is 12.8. The fraction of sp³-hybridized carbons (Fsp3) is 0.706. The van der Waals surface area contributed by atoms with Crippen molar-refractivity contribution in [3.63, 3.8) is 0 Å². The Labute approximate surface area is 122 Å². The highest BCUT2D eigenvalue weighted by Gasteiger charge is 2.39. The molecule has 1 aromatic rings. The Balaban J connectivity index is 1.58. The third-order valence-electron chi connectivity index (χ3n) is 5.15. The van der Waals surface area contributed by atoms with E-state index in [1.807, 2.05) is 13.1 Å². The summed E-state index contributed by atoms with van der Waals surface area (Å²) in [7, 11) is 2.18. The van der Waals surface area contributed by atoms with Crippen LogP contribution in [0.15, 0.2) is 18.3 Å². The molecule has 110 valence electrons. The molecule has 0 radical (unpaired) electrons. The minimum absolute atomic E-state index is 0.203. The maximum absolute atomic E-state index is 5.83. The Bertz CT molecular complexity index is 440. The van der Waals surface area contributed by atoms with Crippen molar-refractivity contribution in [3.8, 4) is 0 Å². The van der Waals surface area contributed by atoms with Gasteiger partial charge in [-0.3, -0.25) is 0 Å². The normalized spacial score (nSPS) is 29.6. The fourth-order valence-corrected chi connectivity index (χ4v) is 4.18. The molecule has 0 spiro atoms. The van der Waals surface area contributed by atoms with Gasteiger partial charge in [0.25, 0.3) is 0 Å². The fourth-order valence-electron chi connectivity index (χ4n) is 4.18. The van der Waals surface area contributed by atoms with Crippen molar-refractivity contribution in [2.24, 2.45) is 23.5 Å². The van der Waals surface area contributed by atoms with Crippen LogP contribution in [-0.4, -0.2) is 24.6 Å². The molecular weight excluding hydrogens is 246 g/mol. The summed E-state index contributed by atoms with van der Waals surface area (Å²) in [6.45, 7) is 3.20. The van der Waals surface area contributed by atoms with Gasteiger partial charge in [0, 0.05) is 25.8 Å². The minimum atomic E-state index is 0.203. The quantitative estimate of drug-likeness (QED) is 0.897. The van der Waals surface area contributed by atoms with E-state index in [0.29, 0.717) is 0 Å². The lowest BCUT2D eigenvalue weighted by Gasteiger charge is -2.28. The van der Waals surface area contributed by atoms with Crippen LogP contribution in [0.25, 0.3) is 0 Å². The molecule has 4 atom stereocenters. The van der Waals surface area contributed by atoms with Crippen LogP contribution in [0.4, 0.5) is 5.82 Å². The first-order valence-corrected chi connectivity index (χ1v) is 8.03. The van der Waals surface area contributed by atoms with Crippen molar-refractivity contribution in [2.45, 2.75) is 45.1 Å².